The summed E-state index contributed by atoms with van der Waals surface area (Å²) in [6.07, 6.45) is 2.62. The lowest BCUT2D eigenvalue weighted by molar-refractivity contribution is 1.14. The molecule has 0 aromatic heterocycles. The number of anilines is 1. The Hall–Kier alpha value is -1.50. The van der Waals surface area contributed by atoms with Gasteiger partial charge in [0.15, 0.2) is 0 Å². The number of nitrogen functional groups attached to an aromatic ring is 1. The molecule has 0 heterocycles. The van der Waals surface area contributed by atoms with Crippen LogP contribution in [0.2, 0.25) is 0 Å². The van der Waals surface area contributed by atoms with E-state index in [-0.39, 0.29) is 0 Å². The van der Waals surface area contributed by atoms with Crippen LogP contribution >= 0.6 is 0 Å². The van der Waals surface area contributed by atoms with E-state index >= 15 is 0 Å². The summed E-state index contributed by atoms with van der Waals surface area (Å²) in [6, 6.07) is 12.7. The van der Waals surface area contributed by atoms with E-state index in [2.05, 4.69) is 36.4 Å². The van der Waals surface area contributed by atoms with Crippen LogP contribution in [0.1, 0.15) is 24.3 Å². The van der Waals surface area contributed by atoms with Gasteiger partial charge in [-0.05, 0) is 29.7 Å². The Kier molecular flexibility index (Phi) is 1.54. The van der Waals surface area contributed by atoms with Gasteiger partial charge in [0.2, 0.25) is 0 Å². The van der Waals surface area contributed by atoms with Crippen molar-refractivity contribution in [2.45, 2.75) is 18.8 Å². The van der Waals surface area contributed by atoms with E-state index in [1.54, 1.807) is 0 Å². The number of benzene rings is 2. The molecule has 0 bridgehead atoms. The van der Waals surface area contributed by atoms with Crippen molar-refractivity contribution in [1.29, 1.82) is 0 Å². The Bertz CT molecular complexity index is 484. The SMILES string of the molecule is Nc1c(C2CC2)ccc2ccccc12. The lowest BCUT2D eigenvalue weighted by atomic mass is 10.0. The third kappa shape index (κ3) is 1.09. The van der Waals surface area contributed by atoms with Crippen LogP contribution in [-0.4, -0.2) is 0 Å². The van der Waals surface area contributed by atoms with Crippen LogP contribution in [0.4, 0.5) is 5.69 Å². The molecule has 1 nitrogen and oxygen atoms in total. The van der Waals surface area contributed by atoms with Gasteiger partial charge >= 0.3 is 0 Å². The molecule has 1 heteroatoms. The van der Waals surface area contributed by atoms with Crippen LogP contribution in [0.3, 0.4) is 0 Å². The Morgan fingerprint density at radius 3 is 2.57 bits per heavy atom. The fraction of sp³-hybridized carbons (Fsp3) is 0.231. The third-order valence-electron chi connectivity index (χ3n) is 3.02. The first-order valence-corrected chi connectivity index (χ1v) is 5.13. The highest BCUT2D eigenvalue weighted by molar-refractivity contribution is 5.94. The first kappa shape index (κ1) is 7.86. The fourth-order valence-electron chi connectivity index (χ4n) is 2.06. The summed E-state index contributed by atoms with van der Waals surface area (Å²) in [5, 5.41) is 2.45. The molecule has 14 heavy (non-hydrogen) atoms. The van der Waals surface area contributed by atoms with Crippen molar-refractivity contribution in [3.8, 4) is 0 Å². The molecule has 1 aliphatic rings. The second kappa shape index (κ2) is 2.74. The van der Waals surface area contributed by atoms with Crippen LogP contribution in [0.25, 0.3) is 10.8 Å². The Balaban J connectivity index is 2.30. The summed E-state index contributed by atoms with van der Waals surface area (Å²) < 4.78 is 0. The molecule has 0 unspecified atom stereocenters. The summed E-state index contributed by atoms with van der Waals surface area (Å²) >= 11 is 0. The Labute approximate surface area is 83.5 Å². The van der Waals surface area contributed by atoms with Gasteiger partial charge in [-0.3, -0.25) is 0 Å². The van der Waals surface area contributed by atoms with Gasteiger partial charge in [-0.25, -0.2) is 0 Å². The standard InChI is InChI=1S/C13H13N/c14-13-11-4-2-1-3-9(11)7-8-12(13)10-5-6-10/h1-4,7-8,10H,5-6,14H2. The number of hydrogen-bond donors (Lipinski definition) is 1. The maximum absolute atomic E-state index is 6.16. The molecule has 3 rings (SSSR count). The van der Waals surface area contributed by atoms with Gasteiger partial charge in [-0.1, -0.05) is 36.4 Å². The quantitative estimate of drug-likeness (QED) is 0.674. The van der Waals surface area contributed by atoms with E-state index in [1.807, 2.05) is 0 Å². The first-order chi connectivity index (χ1) is 6.86. The average Bonchev–Trinajstić information content (AvgIpc) is 3.03. The van der Waals surface area contributed by atoms with Crippen LogP contribution in [-0.2, 0) is 0 Å². The molecule has 0 amide bonds. The van der Waals surface area contributed by atoms with Gasteiger partial charge < -0.3 is 5.73 Å². The molecule has 70 valence electrons. The molecule has 0 radical (unpaired) electrons. The molecule has 0 atom stereocenters. The summed E-state index contributed by atoms with van der Waals surface area (Å²) in [6.45, 7) is 0. The lowest BCUT2D eigenvalue weighted by Gasteiger charge is -2.07. The maximum atomic E-state index is 6.16. The third-order valence-corrected chi connectivity index (χ3v) is 3.02. The maximum Gasteiger partial charge on any atom is 0.0429 e. The molecular formula is C13H13N. The van der Waals surface area contributed by atoms with Gasteiger partial charge in [0.25, 0.3) is 0 Å². The second-order valence-electron chi connectivity index (χ2n) is 4.06. The van der Waals surface area contributed by atoms with Crippen molar-refractivity contribution < 1.29 is 0 Å². The number of hydrogen-bond acceptors (Lipinski definition) is 1. The smallest absolute Gasteiger partial charge is 0.0429 e. The fourth-order valence-corrected chi connectivity index (χ4v) is 2.06. The first-order valence-electron chi connectivity index (χ1n) is 5.13. The van der Waals surface area contributed by atoms with Crippen molar-refractivity contribution in [2.24, 2.45) is 0 Å². The average molecular weight is 183 g/mol. The summed E-state index contributed by atoms with van der Waals surface area (Å²) in [7, 11) is 0. The topological polar surface area (TPSA) is 26.0 Å². The minimum Gasteiger partial charge on any atom is -0.398 e. The monoisotopic (exact) mass is 183 g/mol. The van der Waals surface area contributed by atoms with Crippen LogP contribution < -0.4 is 5.73 Å². The summed E-state index contributed by atoms with van der Waals surface area (Å²) in [5.74, 6) is 0.736. The van der Waals surface area contributed by atoms with E-state index in [9.17, 15) is 0 Å². The zero-order chi connectivity index (χ0) is 9.54. The minimum atomic E-state index is 0.736. The molecule has 1 aliphatic carbocycles. The van der Waals surface area contributed by atoms with Crippen LogP contribution in [0.5, 0.6) is 0 Å². The van der Waals surface area contributed by atoms with E-state index in [4.69, 9.17) is 5.73 Å². The summed E-state index contributed by atoms with van der Waals surface area (Å²) in [4.78, 5) is 0. The van der Waals surface area contributed by atoms with E-state index < -0.39 is 0 Å². The summed E-state index contributed by atoms with van der Waals surface area (Å²) in [5.41, 5.74) is 8.50. The predicted molar refractivity (Wildman–Crippen MR) is 60.3 cm³/mol. The second-order valence-corrected chi connectivity index (χ2v) is 4.06. The molecule has 2 N–H and O–H groups in total. The normalized spacial score (nSPS) is 16.0. The Morgan fingerprint density at radius 1 is 1.00 bits per heavy atom. The molecule has 0 spiro atoms. The molecule has 0 saturated heterocycles. The van der Waals surface area contributed by atoms with Crippen LogP contribution in [0, 0.1) is 0 Å². The van der Waals surface area contributed by atoms with Crippen molar-refractivity contribution in [2.75, 3.05) is 5.73 Å². The minimum absolute atomic E-state index is 0.736. The highest BCUT2D eigenvalue weighted by Gasteiger charge is 2.25. The van der Waals surface area contributed by atoms with E-state index in [1.165, 1.54) is 29.2 Å². The van der Waals surface area contributed by atoms with Crippen molar-refractivity contribution in [3.05, 3.63) is 42.0 Å². The van der Waals surface area contributed by atoms with Gasteiger partial charge in [-0.2, -0.15) is 0 Å². The largest absolute Gasteiger partial charge is 0.398 e. The molecule has 2 aromatic rings. The lowest BCUT2D eigenvalue weighted by Crippen LogP contribution is -1.93. The molecule has 2 aromatic carbocycles. The molecule has 1 saturated carbocycles. The molecule has 1 fully saturated rings. The number of nitrogens with two attached hydrogens (primary N) is 1. The van der Waals surface area contributed by atoms with Crippen molar-refractivity contribution >= 4 is 16.5 Å². The molecular weight excluding hydrogens is 170 g/mol. The van der Waals surface area contributed by atoms with Gasteiger partial charge in [0.05, 0.1) is 0 Å². The van der Waals surface area contributed by atoms with E-state index in [0.29, 0.717) is 0 Å². The number of fused-ring (bicyclic) bond motifs is 1. The van der Waals surface area contributed by atoms with E-state index in [0.717, 1.165) is 11.6 Å². The zero-order valence-electron chi connectivity index (χ0n) is 8.03. The van der Waals surface area contributed by atoms with Gasteiger partial charge in [-0.15, -0.1) is 0 Å². The Morgan fingerprint density at radius 2 is 1.79 bits per heavy atom. The number of rotatable bonds is 1. The predicted octanol–water partition coefficient (Wildman–Crippen LogP) is 3.30. The van der Waals surface area contributed by atoms with Gasteiger partial charge in [0.1, 0.15) is 0 Å². The van der Waals surface area contributed by atoms with Crippen LogP contribution in [0.15, 0.2) is 36.4 Å². The zero-order valence-corrected chi connectivity index (χ0v) is 8.03. The van der Waals surface area contributed by atoms with Crippen molar-refractivity contribution in [3.63, 3.8) is 0 Å². The highest BCUT2D eigenvalue weighted by Crippen LogP contribution is 2.44. The van der Waals surface area contributed by atoms with Gasteiger partial charge in [0, 0.05) is 11.1 Å². The highest BCUT2D eigenvalue weighted by atomic mass is 14.6. The molecule has 0 aliphatic heterocycles. The van der Waals surface area contributed by atoms with Crippen molar-refractivity contribution in [1.82, 2.24) is 0 Å².